The number of aliphatic hydroxyl groups is 1. The van der Waals surface area contributed by atoms with Gasteiger partial charge in [-0.2, -0.15) is 0 Å². The highest BCUT2D eigenvalue weighted by Gasteiger charge is 2.23. The molecule has 0 aromatic carbocycles. The number of rotatable bonds is 7. The van der Waals surface area contributed by atoms with Gasteiger partial charge in [0.1, 0.15) is 0 Å². The predicted octanol–water partition coefficient (Wildman–Crippen LogP) is -0.0749. The maximum Gasteiger partial charge on any atom is 0.0597 e. The van der Waals surface area contributed by atoms with Crippen molar-refractivity contribution >= 4 is 0 Å². The van der Waals surface area contributed by atoms with Gasteiger partial charge in [0.15, 0.2) is 0 Å². The second-order valence-corrected chi connectivity index (χ2v) is 4.31. The van der Waals surface area contributed by atoms with Crippen molar-refractivity contribution in [3.63, 3.8) is 0 Å². The molecule has 4 nitrogen and oxygen atoms in total. The number of ether oxygens (including phenoxy) is 1. The number of likely N-dealkylation sites (N-methyl/N-ethyl adjacent to an activating group) is 1. The van der Waals surface area contributed by atoms with Crippen molar-refractivity contribution in [2.24, 2.45) is 5.92 Å². The Morgan fingerprint density at radius 2 is 2.40 bits per heavy atom. The molecule has 0 amide bonds. The van der Waals surface area contributed by atoms with E-state index in [-0.39, 0.29) is 12.6 Å². The molecule has 2 N–H and O–H groups in total. The molecule has 0 aromatic heterocycles. The van der Waals surface area contributed by atoms with Crippen LogP contribution in [0.4, 0.5) is 0 Å². The zero-order valence-electron chi connectivity index (χ0n) is 9.91. The van der Waals surface area contributed by atoms with Crippen LogP contribution >= 0.6 is 0 Å². The first kappa shape index (κ1) is 12.9. The van der Waals surface area contributed by atoms with Gasteiger partial charge in [0, 0.05) is 26.2 Å². The summed E-state index contributed by atoms with van der Waals surface area (Å²) in [4.78, 5) is 2.41. The summed E-state index contributed by atoms with van der Waals surface area (Å²) in [6, 6.07) is 0.219. The third kappa shape index (κ3) is 4.47. The molecule has 1 saturated heterocycles. The SMILES string of the molecule is CCNC(CO)CN1CCC(COC)C1. The average molecular weight is 216 g/mol. The quantitative estimate of drug-likeness (QED) is 0.625. The number of hydrogen-bond donors (Lipinski definition) is 2. The summed E-state index contributed by atoms with van der Waals surface area (Å²) in [6.07, 6.45) is 1.22. The van der Waals surface area contributed by atoms with Gasteiger partial charge in [-0.05, 0) is 25.4 Å². The van der Waals surface area contributed by atoms with Crippen molar-refractivity contribution in [2.45, 2.75) is 19.4 Å². The molecule has 0 bridgehead atoms. The highest BCUT2D eigenvalue weighted by Crippen LogP contribution is 2.16. The molecule has 1 aliphatic heterocycles. The van der Waals surface area contributed by atoms with Gasteiger partial charge in [0.25, 0.3) is 0 Å². The van der Waals surface area contributed by atoms with Crippen LogP contribution < -0.4 is 5.32 Å². The van der Waals surface area contributed by atoms with Gasteiger partial charge in [-0.3, -0.25) is 0 Å². The summed E-state index contributed by atoms with van der Waals surface area (Å²) >= 11 is 0. The molecule has 1 aliphatic rings. The van der Waals surface area contributed by atoms with Gasteiger partial charge in [0.05, 0.1) is 13.2 Å². The molecule has 0 spiro atoms. The fraction of sp³-hybridized carbons (Fsp3) is 1.00. The Balaban J connectivity index is 2.21. The Kier molecular flexibility index (Phi) is 6.17. The van der Waals surface area contributed by atoms with Gasteiger partial charge < -0.3 is 20.1 Å². The number of hydrogen-bond acceptors (Lipinski definition) is 4. The van der Waals surface area contributed by atoms with Crippen LogP contribution in [-0.2, 0) is 4.74 Å². The molecule has 0 saturated carbocycles. The molecule has 4 heteroatoms. The lowest BCUT2D eigenvalue weighted by atomic mass is 10.1. The fourth-order valence-corrected chi connectivity index (χ4v) is 2.24. The predicted molar refractivity (Wildman–Crippen MR) is 61.0 cm³/mol. The monoisotopic (exact) mass is 216 g/mol. The Labute approximate surface area is 92.6 Å². The lowest BCUT2D eigenvalue weighted by Crippen LogP contribution is -2.42. The molecule has 15 heavy (non-hydrogen) atoms. The number of likely N-dealkylation sites (tertiary alicyclic amines) is 1. The van der Waals surface area contributed by atoms with Crippen LogP contribution in [-0.4, -0.2) is 62.6 Å². The van der Waals surface area contributed by atoms with Crippen molar-refractivity contribution < 1.29 is 9.84 Å². The van der Waals surface area contributed by atoms with Crippen LogP contribution in [0.3, 0.4) is 0 Å². The van der Waals surface area contributed by atoms with Crippen molar-refractivity contribution in [2.75, 3.05) is 46.5 Å². The maximum atomic E-state index is 9.17. The molecular weight excluding hydrogens is 192 g/mol. The van der Waals surface area contributed by atoms with Crippen LogP contribution in [0.25, 0.3) is 0 Å². The fourth-order valence-electron chi connectivity index (χ4n) is 2.24. The Morgan fingerprint density at radius 1 is 1.60 bits per heavy atom. The number of nitrogens with one attached hydrogen (secondary N) is 1. The minimum atomic E-state index is 0.219. The lowest BCUT2D eigenvalue weighted by Gasteiger charge is -2.22. The molecule has 90 valence electrons. The second kappa shape index (κ2) is 7.17. The molecule has 2 unspecified atom stereocenters. The molecular formula is C11H24N2O2. The van der Waals surface area contributed by atoms with Gasteiger partial charge in [-0.1, -0.05) is 6.92 Å². The van der Waals surface area contributed by atoms with E-state index in [1.807, 2.05) is 0 Å². The van der Waals surface area contributed by atoms with E-state index in [0.717, 1.165) is 32.8 Å². The standard InChI is InChI=1S/C11H24N2O2/c1-3-12-11(8-14)7-13-5-4-10(6-13)9-15-2/h10-12,14H,3-9H2,1-2H3. The molecule has 1 heterocycles. The van der Waals surface area contributed by atoms with Crippen molar-refractivity contribution in [1.82, 2.24) is 10.2 Å². The summed E-state index contributed by atoms with van der Waals surface area (Å²) in [5, 5.41) is 12.5. The minimum absolute atomic E-state index is 0.219. The van der Waals surface area contributed by atoms with Gasteiger partial charge in [-0.15, -0.1) is 0 Å². The highest BCUT2D eigenvalue weighted by atomic mass is 16.5. The summed E-state index contributed by atoms with van der Waals surface area (Å²) in [5.41, 5.74) is 0. The molecule has 2 atom stereocenters. The smallest absolute Gasteiger partial charge is 0.0597 e. The zero-order chi connectivity index (χ0) is 11.1. The van der Waals surface area contributed by atoms with Gasteiger partial charge in [-0.25, -0.2) is 0 Å². The zero-order valence-corrected chi connectivity index (χ0v) is 9.91. The third-order valence-electron chi connectivity index (χ3n) is 2.96. The van der Waals surface area contributed by atoms with Crippen LogP contribution in [0.5, 0.6) is 0 Å². The van der Waals surface area contributed by atoms with Crippen molar-refractivity contribution in [3.05, 3.63) is 0 Å². The van der Waals surface area contributed by atoms with Crippen molar-refractivity contribution in [3.8, 4) is 0 Å². The first-order valence-corrected chi connectivity index (χ1v) is 5.85. The van der Waals surface area contributed by atoms with E-state index in [1.54, 1.807) is 7.11 Å². The first-order valence-electron chi connectivity index (χ1n) is 5.85. The molecule has 1 rings (SSSR count). The Hall–Kier alpha value is -0.160. The van der Waals surface area contributed by atoms with E-state index in [4.69, 9.17) is 4.74 Å². The van der Waals surface area contributed by atoms with E-state index in [2.05, 4.69) is 17.1 Å². The molecule has 1 fully saturated rings. The van der Waals surface area contributed by atoms with Gasteiger partial charge in [0.2, 0.25) is 0 Å². The topological polar surface area (TPSA) is 44.7 Å². The third-order valence-corrected chi connectivity index (χ3v) is 2.96. The summed E-state index contributed by atoms with van der Waals surface area (Å²) < 4.78 is 5.16. The highest BCUT2D eigenvalue weighted by molar-refractivity contribution is 4.79. The van der Waals surface area contributed by atoms with E-state index in [1.165, 1.54) is 6.42 Å². The van der Waals surface area contributed by atoms with Crippen LogP contribution in [0.1, 0.15) is 13.3 Å². The molecule has 0 aliphatic carbocycles. The molecule has 0 aromatic rings. The number of aliphatic hydroxyl groups excluding tert-OH is 1. The summed E-state index contributed by atoms with van der Waals surface area (Å²) in [5.74, 6) is 0.677. The summed E-state index contributed by atoms with van der Waals surface area (Å²) in [7, 11) is 1.76. The van der Waals surface area contributed by atoms with E-state index in [0.29, 0.717) is 5.92 Å². The maximum absolute atomic E-state index is 9.17. The normalized spacial score (nSPS) is 24.6. The van der Waals surface area contributed by atoms with E-state index >= 15 is 0 Å². The number of nitrogens with zero attached hydrogens (tertiary/aromatic N) is 1. The van der Waals surface area contributed by atoms with Crippen molar-refractivity contribution in [1.29, 1.82) is 0 Å². The van der Waals surface area contributed by atoms with E-state index < -0.39 is 0 Å². The second-order valence-electron chi connectivity index (χ2n) is 4.31. The van der Waals surface area contributed by atoms with Gasteiger partial charge >= 0.3 is 0 Å². The number of methoxy groups -OCH3 is 1. The van der Waals surface area contributed by atoms with Crippen LogP contribution in [0, 0.1) is 5.92 Å². The Morgan fingerprint density at radius 3 is 3.00 bits per heavy atom. The Bertz CT molecular complexity index is 167. The first-order chi connectivity index (χ1) is 7.30. The average Bonchev–Trinajstić information content (AvgIpc) is 2.66. The van der Waals surface area contributed by atoms with Crippen LogP contribution in [0.15, 0.2) is 0 Å². The minimum Gasteiger partial charge on any atom is -0.395 e. The summed E-state index contributed by atoms with van der Waals surface area (Å²) in [6.45, 7) is 7.26. The van der Waals surface area contributed by atoms with E-state index in [9.17, 15) is 5.11 Å². The largest absolute Gasteiger partial charge is 0.395 e. The van der Waals surface area contributed by atoms with Crippen LogP contribution in [0.2, 0.25) is 0 Å². The lowest BCUT2D eigenvalue weighted by molar-refractivity contribution is 0.148. The molecule has 0 radical (unpaired) electrons.